The highest BCUT2D eigenvalue weighted by Gasteiger charge is 2.19. The molecule has 2 N–H and O–H groups in total. The average molecular weight is 307 g/mol. The lowest BCUT2D eigenvalue weighted by atomic mass is 10.0. The summed E-state index contributed by atoms with van der Waals surface area (Å²) < 4.78 is 0. The van der Waals surface area contributed by atoms with Crippen LogP contribution in [0, 0.1) is 6.92 Å². The van der Waals surface area contributed by atoms with E-state index in [1.54, 1.807) is 11.3 Å². The van der Waals surface area contributed by atoms with Crippen LogP contribution < -0.4 is 5.73 Å². The Morgan fingerprint density at radius 3 is 2.82 bits per heavy atom. The first-order valence-electron chi connectivity index (χ1n) is 7.47. The number of pyridine rings is 1. The average Bonchev–Trinajstić information content (AvgIpc) is 3.09. The molecular weight excluding hydrogens is 290 g/mol. The third kappa shape index (κ3) is 2.34. The number of benzene rings is 1. The van der Waals surface area contributed by atoms with E-state index in [1.807, 2.05) is 24.4 Å². The molecule has 3 nitrogen and oxygen atoms in total. The van der Waals surface area contributed by atoms with E-state index in [-0.39, 0.29) is 6.04 Å². The summed E-state index contributed by atoms with van der Waals surface area (Å²) in [6.45, 7) is 2.07. The Balaban J connectivity index is 1.75. The quantitative estimate of drug-likeness (QED) is 0.787. The molecule has 1 aliphatic rings. The molecule has 2 heterocycles. The number of nitrogens with two attached hydrogens (primary N) is 1. The second kappa shape index (κ2) is 5.30. The standard InChI is InChI=1S/C18H17N3S/c1-11-17(22-18(21-11)16-4-2-3-7-20-16)13-6-5-12-9-15(19)10-14(12)8-13/h2-8,15H,9-10,19H2,1H3. The van der Waals surface area contributed by atoms with Crippen molar-refractivity contribution in [2.45, 2.75) is 25.8 Å². The van der Waals surface area contributed by atoms with Gasteiger partial charge in [-0.15, -0.1) is 11.3 Å². The summed E-state index contributed by atoms with van der Waals surface area (Å²) in [5, 5.41) is 0.977. The highest BCUT2D eigenvalue weighted by molar-refractivity contribution is 7.18. The van der Waals surface area contributed by atoms with Crippen LogP contribution in [0.4, 0.5) is 0 Å². The number of aryl methyl sites for hydroxylation is 1. The molecule has 0 saturated heterocycles. The molecule has 1 aliphatic carbocycles. The van der Waals surface area contributed by atoms with Gasteiger partial charge in [0.05, 0.1) is 16.3 Å². The van der Waals surface area contributed by atoms with Crippen LogP contribution in [-0.4, -0.2) is 16.0 Å². The minimum Gasteiger partial charge on any atom is -0.327 e. The van der Waals surface area contributed by atoms with Crippen molar-refractivity contribution in [3.8, 4) is 21.1 Å². The maximum Gasteiger partial charge on any atom is 0.142 e. The maximum absolute atomic E-state index is 6.07. The summed E-state index contributed by atoms with van der Waals surface area (Å²) >= 11 is 1.71. The van der Waals surface area contributed by atoms with Crippen molar-refractivity contribution in [3.05, 3.63) is 59.4 Å². The molecule has 3 aromatic rings. The van der Waals surface area contributed by atoms with Crippen LogP contribution in [0.15, 0.2) is 42.6 Å². The van der Waals surface area contributed by atoms with E-state index in [0.29, 0.717) is 0 Å². The van der Waals surface area contributed by atoms with Crippen molar-refractivity contribution in [2.75, 3.05) is 0 Å². The number of hydrogen-bond acceptors (Lipinski definition) is 4. The van der Waals surface area contributed by atoms with Gasteiger partial charge in [0.1, 0.15) is 5.01 Å². The lowest BCUT2D eigenvalue weighted by Crippen LogP contribution is -2.18. The van der Waals surface area contributed by atoms with E-state index < -0.39 is 0 Å². The fourth-order valence-electron chi connectivity index (χ4n) is 3.06. The molecule has 1 atom stereocenters. The van der Waals surface area contributed by atoms with Crippen LogP contribution in [0.25, 0.3) is 21.1 Å². The van der Waals surface area contributed by atoms with E-state index in [1.165, 1.54) is 21.6 Å². The molecule has 0 saturated carbocycles. The molecule has 4 heteroatoms. The van der Waals surface area contributed by atoms with Crippen molar-refractivity contribution >= 4 is 11.3 Å². The second-order valence-electron chi connectivity index (χ2n) is 5.80. The molecule has 4 rings (SSSR count). The van der Waals surface area contributed by atoms with Gasteiger partial charge in [-0.2, -0.15) is 0 Å². The Labute approximate surface area is 133 Å². The topological polar surface area (TPSA) is 51.8 Å². The van der Waals surface area contributed by atoms with Gasteiger partial charge >= 0.3 is 0 Å². The second-order valence-corrected chi connectivity index (χ2v) is 6.80. The normalized spacial score (nSPS) is 16.7. The highest BCUT2D eigenvalue weighted by atomic mass is 32.1. The van der Waals surface area contributed by atoms with E-state index in [4.69, 9.17) is 10.7 Å². The third-order valence-corrected chi connectivity index (χ3v) is 5.34. The van der Waals surface area contributed by atoms with Gasteiger partial charge in [-0.25, -0.2) is 4.98 Å². The SMILES string of the molecule is Cc1nc(-c2ccccn2)sc1-c1ccc2c(c1)CC(N)C2. The molecule has 0 radical (unpaired) electrons. The summed E-state index contributed by atoms with van der Waals surface area (Å²) in [5.41, 5.74) is 12.1. The predicted molar refractivity (Wildman–Crippen MR) is 90.9 cm³/mol. The van der Waals surface area contributed by atoms with E-state index in [0.717, 1.165) is 29.2 Å². The van der Waals surface area contributed by atoms with Gasteiger partial charge in [-0.1, -0.05) is 18.2 Å². The van der Waals surface area contributed by atoms with Crippen LogP contribution >= 0.6 is 11.3 Å². The molecule has 0 aliphatic heterocycles. The smallest absolute Gasteiger partial charge is 0.142 e. The zero-order valence-electron chi connectivity index (χ0n) is 12.4. The monoisotopic (exact) mass is 307 g/mol. The van der Waals surface area contributed by atoms with Crippen LogP contribution in [0.5, 0.6) is 0 Å². The number of hydrogen-bond donors (Lipinski definition) is 1. The first kappa shape index (κ1) is 13.6. The molecule has 22 heavy (non-hydrogen) atoms. The lowest BCUT2D eigenvalue weighted by molar-refractivity contribution is 0.721. The minimum atomic E-state index is 0.275. The van der Waals surface area contributed by atoms with Crippen molar-refractivity contribution in [3.63, 3.8) is 0 Å². The zero-order valence-corrected chi connectivity index (χ0v) is 13.2. The van der Waals surface area contributed by atoms with Crippen molar-refractivity contribution in [2.24, 2.45) is 5.73 Å². The Bertz CT molecular complexity index is 824. The van der Waals surface area contributed by atoms with Crippen LogP contribution in [0.1, 0.15) is 16.8 Å². The molecular formula is C18H17N3S. The first-order valence-corrected chi connectivity index (χ1v) is 8.29. The van der Waals surface area contributed by atoms with E-state index >= 15 is 0 Å². The van der Waals surface area contributed by atoms with E-state index in [2.05, 4.69) is 30.1 Å². The molecule has 0 spiro atoms. The molecule has 1 aromatic carbocycles. The van der Waals surface area contributed by atoms with Gasteiger partial charge in [0.2, 0.25) is 0 Å². The van der Waals surface area contributed by atoms with Gasteiger partial charge in [0, 0.05) is 12.2 Å². The molecule has 2 aromatic heterocycles. The van der Waals surface area contributed by atoms with Crippen LogP contribution in [0.3, 0.4) is 0 Å². The number of nitrogens with zero attached hydrogens (tertiary/aromatic N) is 2. The van der Waals surface area contributed by atoms with Gasteiger partial charge < -0.3 is 5.73 Å². The number of fused-ring (bicyclic) bond motifs is 1. The Morgan fingerprint density at radius 2 is 2.00 bits per heavy atom. The summed E-state index contributed by atoms with van der Waals surface area (Å²) in [6, 6.07) is 12.9. The summed E-state index contributed by atoms with van der Waals surface area (Å²) in [7, 11) is 0. The molecule has 110 valence electrons. The van der Waals surface area contributed by atoms with Crippen LogP contribution in [-0.2, 0) is 12.8 Å². The van der Waals surface area contributed by atoms with Gasteiger partial charge in [0.15, 0.2) is 0 Å². The molecule has 0 fully saturated rings. The number of thiazole rings is 1. The summed E-state index contributed by atoms with van der Waals surface area (Å²) in [6.07, 6.45) is 3.78. The largest absolute Gasteiger partial charge is 0.327 e. The first-order chi connectivity index (χ1) is 10.7. The Hall–Kier alpha value is -2.04. The molecule has 0 bridgehead atoms. The highest BCUT2D eigenvalue weighted by Crippen LogP contribution is 2.36. The predicted octanol–water partition coefficient (Wildman–Crippen LogP) is 3.61. The number of rotatable bonds is 2. The van der Waals surface area contributed by atoms with Gasteiger partial charge in [0.25, 0.3) is 0 Å². The Kier molecular flexibility index (Phi) is 3.28. The zero-order chi connectivity index (χ0) is 15.1. The number of aromatic nitrogens is 2. The summed E-state index contributed by atoms with van der Waals surface area (Å²) in [4.78, 5) is 10.3. The molecule has 0 amide bonds. The lowest BCUT2D eigenvalue weighted by Gasteiger charge is -2.03. The fraction of sp³-hybridized carbons (Fsp3) is 0.222. The van der Waals surface area contributed by atoms with Crippen molar-refractivity contribution < 1.29 is 0 Å². The Morgan fingerprint density at radius 1 is 1.14 bits per heavy atom. The fourth-order valence-corrected chi connectivity index (χ4v) is 4.10. The van der Waals surface area contributed by atoms with Crippen molar-refractivity contribution in [1.82, 2.24) is 9.97 Å². The van der Waals surface area contributed by atoms with Gasteiger partial charge in [-0.05, 0) is 54.7 Å². The van der Waals surface area contributed by atoms with Gasteiger partial charge in [-0.3, -0.25) is 4.98 Å². The van der Waals surface area contributed by atoms with Crippen LogP contribution in [0.2, 0.25) is 0 Å². The third-order valence-electron chi connectivity index (χ3n) is 4.11. The minimum absolute atomic E-state index is 0.275. The van der Waals surface area contributed by atoms with Crippen molar-refractivity contribution in [1.29, 1.82) is 0 Å². The summed E-state index contributed by atoms with van der Waals surface area (Å²) in [5.74, 6) is 0. The van der Waals surface area contributed by atoms with E-state index in [9.17, 15) is 0 Å². The molecule has 1 unspecified atom stereocenters. The maximum atomic E-state index is 6.07.